The van der Waals surface area contributed by atoms with E-state index in [0.717, 1.165) is 6.54 Å². The first kappa shape index (κ1) is 11.3. The van der Waals surface area contributed by atoms with Crippen molar-refractivity contribution in [2.75, 3.05) is 6.54 Å². The van der Waals surface area contributed by atoms with E-state index in [-0.39, 0.29) is 0 Å². The van der Waals surface area contributed by atoms with E-state index in [2.05, 4.69) is 36.5 Å². The number of nitrogens with one attached hydrogen (secondary N) is 1. The quantitative estimate of drug-likeness (QED) is 0.718. The number of hydrogen-bond donors (Lipinski definition) is 1. The summed E-state index contributed by atoms with van der Waals surface area (Å²) in [7, 11) is 0. The molecule has 0 saturated carbocycles. The van der Waals surface area contributed by atoms with E-state index in [4.69, 9.17) is 0 Å². The third-order valence-electron chi connectivity index (χ3n) is 2.62. The van der Waals surface area contributed by atoms with E-state index in [1.54, 1.807) is 0 Å². The minimum absolute atomic E-state index is 0.593. The van der Waals surface area contributed by atoms with Crippen molar-refractivity contribution < 1.29 is 0 Å². The van der Waals surface area contributed by atoms with Gasteiger partial charge in [-0.3, -0.25) is 0 Å². The van der Waals surface area contributed by atoms with Crippen LogP contribution in [0.15, 0.2) is 24.3 Å². The molecular formula is C13H21N. The van der Waals surface area contributed by atoms with Crippen LogP contribution in [0.3, 0.4) is 0 Å². The molecule has 1 nitrogen and oxygen atoms in total. The average molecular weight is 191 g/mol. The first-order valence-electron chi connectivity index (χ1n) is 5.73. The second kappa shape index (κ2) is 5.82. The normalized spacial score (nSPS) is 19.2. The lowest BCUT2D eigenvalue weighted by molar-refractivity contribution is 0.492. The summed E-state index contributed by atoms with van der Waals surface area (Å²) in [6, 6.07) is 9.36. The summed E-state index contributed by atoms with van der Waals surface area (Å²) in [5.41, 5.74) is 3.04. The maximum atomic E-state index is 3.52. The van der Waals surface area contributed by atoms with Crippen LogP contribution < -0.4 is 5.32 Å². The van der Waals surface area contributed by atoms with Gasteiger partial charge >= 0.3 is 0 Å². The fraction of sp³-hybridized carbons (Fsp3) is 0.538. The Balaban J connectivity index is 0.000000461. The van der Waals surface area contributed by atoms with Gasteiger partial charge in [-0.25, -0.2) is 0 Å². The van der Waals surface area contributed by atoms with Gasteiger partial charge in [0.1, 0.15) is 0 Å². The third kappa shape index (κ3) is 2.36. The average Bonchev–Trinajstić information content (AvgIpc) is 2.31. The molecule has 0 aromatic heterocycles. The van der Waals surface area contributed by atoms with Gasteiger partial charge in [0, 0.05) is 6.04 Å². The SMILES string of the molecule is CC.CCC1NCCc2ccccc21. The van der Waals surface area contributed by atoms with Gasteiger partial charge in [-0.05, 0) is 30.5 Å². The van der Waals surface area contributed by atoms with Crippen LogP contribution in [0.1, 0.15) is 44.4 Å². The lowest BCUT2D eigenvalue weighted by Crippen LogP contribution is -2.29. The fourth-order valence-electron chi connectivity index (χ4n) is 1.96. The van der Waals surface area contributed by atoms with Gasteiger partial charge < -0.3 is 5.32 Å². The lowest BCUT2D eigenvalue weighted by atomic mass is 9.93. The zero-order valence-corrected chi connectivity index (χ0v) is 9.51. The molecule has 0 aliphatic carbocycles. The number of benzene rings is 1. The standard InChI is InChI=1S/C11H15N.C2H6/c1-2-11-10-6-4-3-5-9(10)7-8-12-11;1-2/h3-6,11-12H,2,7-8H2,1H3;1-2H3. The Morgan fingerprint density at radius 3 is 2.71 bits per heavy atom. The summed E-state index contributed by atoms with van der Waals surface area (Å²) in [4.78, 5) is 0. The highest BCUT2D eigenvalue weighted by Gasteiger charge is 2.16. The van der Waals surface area contributed by atoms with E-state index in [1.807, 2.05) is 13.8 Å². The van der Waals surface area contributed by atoms with Crippen LogP contribution in [-0.4, -0.2) is 6.54 Å². The monoisotopic (exact) mass is 191 g/mol. The molecule has 2 rings (SSSR count). The van der Waals surface area contributed by atoms with E-state index in [0.29, 0.717) is 6.04 Å². The minimum atomic E-state index is 0.593. The molecule has 0 radical (unpaired) electrons. The number of fused-ring (bicyclic) bond motifs is 1. The first-order chi connectivity index (χ1) is 6.92. The Bertz CT molecular complexity index is 268. The molecule has 1 heterocycles. The molecule has 0 bridgehead atoms. The molecule has 1 aromatic carbocycles. The molecule has 1 heteroatoms. The van der Waals surface area contributed by atoms with Crippen LogP contribution in [-0.2, 0) is 6.42 Å². The second-order valence-electron chi connectivity index (χ2n) is 3.36. The Morgan fingerprint density at radius 1 is 1.29 bits per heavy atom. The highest BCUT2D eigenvalue weighted by Crippen LogP contribution is 2.24. The highest BCUT2D eigenvalue weighted by atomic mass is 14.9. The topological polar surface area (TPSA) is 12.0 Å². The maximum Gasteiger partial charge on any atom is 0.0320 e. The molecule has 1 N–H and O–H groups in total. The van der Waals surface area contributed by atoms with Gasteiger partial charge in [0.25, 0.3) is 0 Å². The smallest absolute Gasteiger partial charge is 0.0320 e. The Hall–Kier alpha value is -0.820. The van der Waals surface area contributed by atoms with Crippen molar-refractivity contribution in [3.05, 3.63) is 35.4 Å². The Labute approximate surface area is 87.5 Å². The number of hydrogen-bond acceptors (Lipinski definition) is 1. The Kier molecular flexibility index (Phi) is 4.68. The molecule has 1 atom stereocenters. The van der Waals surface area contributed by atoms with Crippen LogP contribution >= 0.6 is 0 Å². The summed E-state index contributed by atoms with van der Waals surface area (Å²) in [6.07, 6.45) is 2.38. The number of rotatable bonds is 1. The minimum Gasteiger partial charge on any atom is -0.310 e. The zero-order chi connectivity index (χ0) is 10.4. The van der Waals surface area contributed by atoms with Crippen LogP contribution in [0.25, 0.3) is 0 Å². The first-order valence-corrected chi connectivity index (χ1v) is 5.73. The molecule has 1 aliphatic rings. The molecule has 1 aliphatic heterocycles. The van der Waals surface area contributed by atoms with Crippen molar-refractivity contribution in [3.63, 3.8) is 0 Å². The summed E-state index contributed by atoms with van der Waals surface area (Å²) in [6.45, 7) is 7.37. The fourth-order valence-corrected chi connectivity index (χ4v) is 1.96. The van der Waals surface area contributed by atoms with Gasteiger partial charge in [0.15, 0.2) is 0 Å². The van der Waals surface area contributed by atoms with Crippen LogP contribution in [0.5, 0.6) is 0 Å². The van der Waals surface area contributed by atoms with E-state index < -0.39 is 0 Å². The van der Waals surface area contributed by atoms with Gasteiger partial charge in [0.05, 0.1) is 0 Å². The molecule has 0 amide bonds. The van der Waals surface area contributed by atoms with Crippen molar-refractivity contribution in [2.45, 2.75) is 39.7 Å². The maximum absolute atomic E-state index is 3.52. The van der Waals surface area contributed by atoms with Crippen molar-refractivity contribution in [1.82, 2.24) is 5.32 Å². The van der Waals surface area contributed by atoms with Crippen molar-refractivity contribution in [3.8, 4) is 0 Å². The molecule has 14 heavy (non-hydrogen) atoms. The molecule has 1 unspecified atom stereocenters. The van der Waals surface area contributed by atoms with Crippen LogP contribution in [0.2, 0.25) is 0 Å². The van der Waals surface area contributed by atoms with E-state index in [1.165, 1.54) is 24.0 Å². The second-order valence-corrected chi connectivity index (χ2v) is 3.36. The van der Waals surface area contributed by atoms with Gasteiger partial charge in [-0.2, -0.15) is 0 Å². The van der Waals surface area contributed by atoms with E-state index >= 15 is 0 Å². The molecule has 0 fully saturated rings. The molecular weight excluding hydrogens is 170 g/mol. The van der Waals surface area contributed by atoms with Gasteiger partial charge in [-0.15, -0.1) is 0 Å². The van der Waals surface area contributed by atoms with Crippen LogP contribution in [0.4, 0.5) is 0 Å². The van der Waals surface area contributed by atoms with Crippen molar-refractivity contribution in [2.24, 2.45) is 0 Å². The van der Waals surface area contributed by atoms with Crippen LogP contribution in [0, 0.1) is 0 Å². The predicted molar refractivity (Wildman–Crippen MR) is 62.5 cm³/mol. The van der Waals surface area contributed by atoms with Gasteiger partial charge in [0.2, 0.25) is 0 Å². The zero-order valence-electron chi connectivity index (χ0n) is 9.51. The molecule has 0 spiro atoms. The summed E-state index contributed by atoms with van der Waals surface area (Å²) < 4.78 is 0. The van der Waals surface area contributed by atoms with E-state index in [9.17, 15) is 0 Å². The lowest BCUT2D eigenvalue weighted by Gasteiger charge is -2.25. The van der Waals surface area contributed by atoms with Gasteiger partial charge in [-0.1, -0.05) is 45.0 Å². The summed E-state index contributed by atoms with van der Waals surface area (Å²) in [5.74, 6) is 0. The molecule has 78 valence electrons. The summed E-state index contributed by atoms with van der Waals surface area (Å²) in [5, 5.41) is 3.52. The largest absolute Gasteiger partial charge is 0.310 e. The predicted octanol–water partition coefficient (Wildman–Crippen LogP) is 3.31. The van der Waals surface area contributed by atoms with Crippen molar-refractivity contribution >= 4 is 0 Å². The van der Waals surface area contributed by atoms with Crippen molar-refractivity contribution in [1.29, 1.82) is 0 Å². The molecule has 0 saturated heterocycles. The highest BCUT2D eigenvalue weighted by molar-refractivity contribution is 5.32. The summed E-state index contributed by atoms with van der Waals surface area (Å²) >= 11 is 0. The third-order valence-corrected chi connectivity index (χ3v) is 2.62. The molecule has 1 aromatic rings. The Morgan fingerprint density at radius 2 is 2.00 bits per heavy atom.